The zero-order valence-corrected chi connectivity index (χ0v) is 10.7. The van der Waals surface area contributed by atoms with Crippen LogP contribution < -0.4 is 5.32 Å². The summed E-state index contributed by atoms with van der Waals surface area (Å²) in [5.41, 5.74) is 0.736. The van der Waals surface area contributed by atoms with Crippen molar-refractivity contribution in [2.24, 2.45) is 0 Å². The maximum absolute atomic E-state index is 13.1. The highest BCUT2D eigenvalue weighted by Gasteiger charge is 2.13. The van der Waals surface area contributed by atoms with E-state index in [1.165, 1.54) is 30.3 Å². The first-order chi connectivity index (χ1) is 9.47. The minimum absolute atomic E-state index is 0.292. The molecule has 0 aliphatic heterocycles. The van der Waals surface area contributed by atoms with E-state index in [0.717, 1.165) is 12.1 Å². The Kier molecular flexibility index (Phi) is 4.08. The lowest BCUT2D eigenvalue weighted by molar-refractivity contribution is 0.0939. The molecule has 0 saturated heterocycles. The van der Waals surface area contributed by atoms with Gasteiger partial charge in [0.2, 0.25) is 0 Å². The molecule has 0 heterocycles. The molecule has 1 atom stereocenters. The average Bonchev–Trinajstić information content (AvgIpc) is 2.42. The Balaban J connectivity index is 2.10. The van der Waals surface area contributed by atoms with E-state index < -0.39 is 29.4 Å². The molecule has 0 saturated carbocycles. The topological polar surface area (TPSA) is 29.1 Å². The van der Waals surface area contributed by atoms with Crippen LogP contribution in [0.15, 0.2) is 42.5 Å². The Morgan fingerprint density at radius 3 is 2.25 bits per heavy atom. The zero-order chi connectivity index (χ0) is 14.7. The molecule has 0 radical (unpaired) electrons. The molecule has 0 fully saturated rings. The Bertz CT molecular complexity index is 626. The van der Waals surface area contributed by atoms with Crippen molar-refractivity contribution < 1.29 is 18.0 Å². The number of hydrogen-bond acceptors (Lipinski definition) is 1. The van der Waals surface area contributed by atoms with Gasteiger partial charge in [0.25, 0.3) is 5.91 Å². The molecule has 0 aromatic heterocycles. The van der Waals surface area contributed by atoms with Crippen molar-refractivity contribution in [3.63, 3.8) is 0 Å². The second-order valence-corrected chi connectivity index (χ2v) is 4.38. The van der Waals surface area contributed by atoms with Gasteiger partial charge in [-0.15, -0.1) is 0 Å². The highest BCUT2D eigenvalue weighted by Crippen LogP contribution is 2.16. The van der Waals surface area contributed by atoms with E-state index in [-0.39, 0.29) is 0 Å². The van der Waals surface area contributed by atoms with Gasteiger partial charge >= 0.3 is 0 Å². The first-order valence-corrected chi connectivity index (χ1v) is 5.99. The second-order valence-electron chi connectivity index (χ2n) is 4.38. The number of benzene rings is 2. The molecule has 2 aromatic rings. The molecule has 5 heteroatoms. The summed E-state index contributed by atoms with van der Waals surface area (Å²) in [4.78, 5) is 11.9. The minimum Gasteiger partial charge on any atom is -0.346 e. The van der Waals surface area contributed by atoms with Crippen LogP contribution in [-0.4, -0.2) is 5.91 Å². The van der Waals surface area contributed by atoms with Gasteiger partial charge < -0.3 is 5.32 Å². The molecule has 20 heavy (non-hydrogen) atoms. The number of nitrogens with one attached hydrogen (secondary N) is 1. The summed E-state index contributed by atoms with van der Waals surface area (Å²) in [5.74, 6) is -2.76. The quantitative estimate of drug-likeness (QED) is 0.914. The lowest BCUT2D eigenvalue weighted by atomic mass is 10.1. The third-order valence-electron chi connectivity index (χ3n) is 2.90. The Morgan fingerprint density at radius 2 is 1.65 bits per heavy atom. The summed E-state index contributed by atoms with van der Waals surface area (Å²) in [7, 11) is 0. The van der Waals surface area contributed by atoms with Crippen molar-refractivity contribution in [3.8, 4) is 0 Å². The molecule has 104 valence electrons. The van der Waals surface area contributed by atoms with Crippen molar-refractivity contribution in [1.29, 1.82) is 0 Å². The summed E-state index contributed by atoms with van der Waals surface area (Å²) >= 11 is 0. The average molecular weight is 279 g/mol. The Morgan fingerprint density at radius 1 is 1.00 bits per heavy atom. The lowest BCUT2D eigenvalue weighted by Gasteiger charge is -2.14. The fourth-order valence-electron chi connectivity index (χ4n) is 1.75. The van der Waals surface area contributed by atoms with Crippen LogP contribution in [0.2, 0.25) is 0 Å². The highest BCUT2D eigenvalue weighted by atomic mass is 19.2. The largest absolute Gasteiger partial charge is 0.346 e. The molecule has 0 aliphatic rings. The number of hydrogen-bond donors (Lipinski definition) is 1. The third kappa shape index (κ3) is 3.17. The van der Waals surface area contributed by atoms with Crippen LogP contribution in [-0.2, 0) is 0 Å². The van der Waals surface area contributed by atoms with Crippen LogP contribution in [0.3, 0.4) is 0 Å². The first kappa shape index (κ1) is 14.1. The van der Waals surface area contributed by atoms with E-state index in [0.29, 0.717) is 11.1 Å². The molecule has 1 N–H and O–H groups in total. The van der Waals surface area contributed by atoms with Gasteiger partial charge in [-0.1, -0.05) is 6.07 Å². The van der Waals surface area contributed by atoms with E-state index >= 15 is 0 Å². The smallest absolute Gasteiger partial charge is 0.251 e. The van der Waals surface area contributed by atoms with E-state index in [1.807, 2.05) is 0 Å². The van der Waals surface area contributed by atoms with Crippen LogP contribution >= 0.6 is 0 Å². The normalized spacial score (nSPS) is 12.0. The lowest BCUT2D eigenvalue weighted by Crippen LogP contribution is -2.26. The maximum Gasteiger partial charge on any atom is 0.251 e. The monoisotopic (exact) mass is 279 g/mol. The van der Waals surface area contributed by atoms with Crippen LogP contribution in [0, 0.1) is 17.5 Å². The maximum atomic E-state index is 13.1. The molecular formula is C15H12F3NO. The van der Waals surface area contributed by atoms with Gasteiger partial charge in [-0.05, 0) is 48.9 Å². The predicted molar refractivity (Wildman–Crippen MR) is 68.6 cm³/mol. The van der Waals surface area contributed by atoms with Crippen molar-refractivity contribution in [2.75, 3.05) is 0 Å². The summed E-state index contributed by atoms with van der Waals surface area (Å²) in [5, 5.41) is 2.63. The Labute approximate surface area is 114 Å². The molecule has 1 unspecified atom stereocenters. The van der Waals surface area contributed by atoms with Gasteiger partial charge in [0.15, 0.2) is 11.6 Å². The Hall–Kier alpha value is -2.30. The van der Waals surface area contributed by atoms with Gasteiger partial charge in [0.1, 0.15) is 5.82 Å². The molecule has 2 aromatic carbocycles. The summed E-state index contributed by atoms with van der Waals surface area (Å²) < 4.78 is 38.7. The number of amides is 1. The second kappa shape index (κ2) is 5.77. The molecule has 0 spiro atoms. The fourth-order valence-corrected chi connectivity index (χ4v) is 1.75. The van der Waals surface area contributed by atoms with Gasteiger partial charge in [-0.2, -0.15) is 0 Å². The van der Waals surface area contributed by atoms with Crippen molar-refractivity contribution in [1.82, 2.24) is 5.32 Å². The van der Waals surface area contributed by atoms with Crippen LogP contribution in [0.25, 0.3) is 0 Å². The van der Waals surface area contributed by atoms with Crippen molar-refractivity contribution in [2.45, 2.75) is 13.0 Å². The fraction of sp³-hybridized carbons (Fsp3) is 0.133. The van der Waals surface area contributed by atoms with E-state index in [9.17, 15) is 18.0 Å². The molecular weight excluding hydrogens is 267 g/mol. The summed E-state index contributed by atoms with van der Waals surface area (Å²) in [6.45, 7) is 1.65. The van der Waals surface area contributed by atoms with Crippen LogP contribution in [0.1, 0.15) is 28.9 Å². The van der Waals surface area contributed by atoms with Crippen molar-refractivity contribution in [3.05, 3.63) is 71.0 Å². The molecule has 0 aliphatic carbocycles. The first-order valence-electron chi connectivity index (χ1n) is 5.99. The number of carbonyl (C=O) groups is 1. The SMILES string of the molecule is CC(NC(=O)c1ccc(F)cc1)c1ccc(F)c(F)c1. The summed E-state index contributed by atoms with van der Waals surface area (Å²) in [6, 6.07) is 7.99. The molecule has 2 rings (SSSR count). The van der Waals surface area contributed by atoms with Gasteiger partial charge in [0, 0.05) is 5.56 Å². The molecule has 0 bridgehead atoms. The number of carbonyl (C=O) groups excluding carboxylic acids is 1. The summed E-state index contributed by atoms with van der Waals surface area (Å²) in [6.07, 6.45) is 0. The number of rotatable bonds is 3. The number of halogens is 3. The van der Waals surface area contributed by atoms with Crippen LogP contribution in [0.5, 0.6) is 0 Å². The van der Waals surface area contributed by atoms with Gasteiger partial charge in [0.05, 0.1) is 6.04 Å². The van der Waals surface area contributed by atoms with E-state index in [2.05, 4.69) is 5.32 Å². The van der Waals surface area contributed by atoms with E-state index in [4.69, 9.17) is 0 Å². The zero-order valence-electron chi connectivity index (χ0n) is 10.7. The molecule has 2 nitrogen and oxygen atoms in total. The third-order valence-corrected chi connectivity index (χ3v) is 2.90. The standard InChI is InChI=1S/C15H12F3NO/c1-9(11-4-7-13(17)14(18)8-11)19-15(20)10-2-5-12(16)6-3-10/h2-9H,1H3,(H,19,20). The molecule has 1 amide bonds. The minimum atomic E-state index is -0.967. The van der Waals surface area contributed by atoms with Gasteiger partial charge in [-0.3, -0.25) is 4.79 Å². The predicted octanol–water partition coefficient (Wildman–Crippen LogP) is 3.59. The van der Waals surface area contributed by atoms with Crippen molar-refractivity contribution >= 4 is 5.91 Å². The van der Waals surface area contributed by atoms with E-state index in [1.54, 1.807) is 6.92 Å². The van der Waals surface area contributed by atoms with Crippen LogP contribution in [0.4, 0.5) is 13.2 Å². The van der Waals surface area contributed by atoms with Gasteiger partial charge in [-0.25, -0.2) is 13.2 Å². The highest BCUT2D eigenvalue weighted by molar-refractivity contribution is 5.94.